The van der Waals surface area contributed by atoms with E-state index in [9.17, 15) is 10.2 Å². The number of aromatic hydroxyl groups is 1. The Kier molecular flexibility index (Phi) is 4.02. The lowest BCUT2D eigenvalue weighted by molar-refractivity contribution is 0.147. The van der Waals surface area contributed by atoms with Gasteiger partial charge in [-0.25, -0.2) is 0 Å². The lowest BCUT2D eigenvalue weighted by Gasteiger charge is -2.11. The number of rotatable bonds is 5. The molecule has 0 saturated carbocycles. The van der Waals surface area contributed by atoms with Gasteiger partial charge >= 0.3 is 0 Å². The number of phenols is 1. The molecule has 18 heavy (non-hydrogen) atoms. The minimum atomic E-state index is -0.674. The van der Waals surface area contributed by atoms with Gasteiger partial charge in [0.05, 0.1) is 6.26 Å². The van der Waals surface area contributed by atoms with E-state index in [0.29, 0.717) is 24.6 Å². The van der Waals surface area contributed by atoms with E-state index < -0.39 is 6.10 Å². The zero-order valence-electron chi connectivity index (χ0n) is 10.3. The summed E-state index contributed by atoms with van der Waals surface area (Å²) < 4.78 is 5.10. The second kappa shape index (κ2) is 5.71. The van der Waals surface area contributed by atoms with Crippen molar-refractivity contribution in [3.05, 3.63) is 53.5 Å². The average Bonchev–Trinajstić information content (AvgIpc) is 2.88. The second-order valence-corrected chi connectivity index (χ2v) is 4.24. The summed E-state index contributed by atoms with van der Waals surface area (Å²) in [5.74, 6) is 0.841. The maximum atomic E-state index is 9.83. The molecule has 1 unspecified atom stereocenters. The largest absolute Gasteiger partial charge is 0.507 e. The molecule has 4 nitrogen and oxygen atoms in total. The average molecular weight is 247 g/mol. The third kappa shape index (κ3) is 2.91. The van der Waals surface area contributed by atoms with Crippen molar-refractivity contribution < 1.29 is 14.6 Å². The number of aliphatic hydroxyl groups is 1. The number of benzene rings is 1. The van der Waals surface area contributed by atoms with Crippen LogP contribution in [-0.2, 0) is 6.54 Å². The van der Waals surface area contributed by atoms with Gasteiger partial charge in [-0.3, -0.25) is 0 Å². The summed E-state index contributed by atoms with van der Waals surface area (Å²) in [4.78, 5) is 0. The number of para-hydroxylation sites is 1. The molecule has 0 spiro atoms. The van der Waals surface area contributed by atoms with E-state index in [4.69, 9.17) is 4.42 Å². The Labute approximate surface area is 106 Å². The Morgan fingerprint density at radius 3 is 2.83 bits per heavy atom. The monoisotopic (exact) mass is 247 g/mol. The van der Waals surface area contributed by atoms with Crippen molar-refractivity contribution in [2.24, 2.45) is 0 Å². The van der Waals surface area contributed by atoms with Crippen LogP contribution < -0.4 is 5.32 Å². The van der Waals surface area contributed by atoms with E-state index in [2.05, 4.69) is 5.32 Å². The quantitative estimate of drug-likeness (QED) is 0.757. The Morgan fingerprint density at radius 2 is 2.11 bits per heavy atom. The van der Waals surface area contributed by atoms with Gasteiger partial charge in [-0.2, -0.15) is 0 Å². The summed E-state index contributed by atoms with van der Waals surface area (Å²) >= 11 is 0. The van der Waals surface area contributed by atoms with Crippen LogP contribution in [0.4, 0.5) is 0 Å². The highest BCUT2D eigenvalue weighted by atomic mass is 16.4. The summed E-state index contributed by atoms with van der Waals surface area (Å²) in [6, 6.07) is 9.08. The van der Waals surface area contributed by atoms with Crippen LogP contribution in [-0.4, -0.2) is 16.8 Å². The van der Waals surface area contributed by atoms with E-state index in [-0.39, 0.29) is 0 Å². The van der Waals surface area contributed by atoms with Gasteiger partial charge in [0.1, 0.15) is 17.6 Å². The Balaban J connectivity index is 1.87. The molecular formula is C14H17NO3. The maximum absolute atomic E-state index is 9.83. The first-order valence-corrected chi connectivity index (χ1v) is 5.88. The predicted octanol–water partition coefficient (Wildman–Crippen LogP) is 2.12. The van der Waals surface area contributed by atoms with Crippen molar-refractivity contribution in [3.8, 4) is 5.75 Å². The fourth-order valence-electron chi connectivity index (χ4n) is 1.79. The van der Waals surface area contributed by atoms with Gasteiger partial charge in [-0.05, 0) is 24.6 Å². The molecule has 1 atom stereocenters. The summed E-state index contributed by atoms with van der Waals surface area (Å²) in [6.07, 6.45) is 0.859. The highest BCUT2D eigenvalue weighted by molar-refractivity contribution is 5.39. The SMILES string of the molecule is Cc1cccc(CNCC(O)c2ccco2)c1O. The van der Waals surface area contributed by atoms with Crippen LogP contribution >= 0.6 is 0 Å². The molecule has 1 heterocycles. The van der Waals surface area contributed by atoms with Gasteiger partial charge in [0.15, 0.2) is 0 Å². The first kappa shape index (κ1) is 12.7. The molecule has 1 aromatic carbocycles. The van der Waals surface area contributed by atoms with E-state index >= 15 is 0 Å². The van der Waals surface area contributed by atoms with E-state index in [1.165, 1.54) is 6.26 Å². The highest BCUT2D eigenvalue weighted by Crippen LogP contribution is 2.21. The van der Waals surface area contributed by atoms with E-state index in [1.807, 2.05) is 25.1 Å². The lowest BCUT2D eigenvalue weighted by Crippen LogP contribution is -2.20. The lowest BCUT2D eigenvalue weighted by atomic mass is 10.1. The number of hydrogen-bond donors (Lipinski definition) is 3. The third-order valence-corrected chi connectivity index (χ3v) is 2.85. The first-order valence-electron chi connectivity index (χ1n) is 5.88. The minimum absolute atomic E-state index is 0.303. The fraction of sp³-hybridized carbons (Fsp3) is 0.286. The van der Waals surface area contributed by atoms with E-state index in [1.54, 1.807) is 12.1 Å². The van der Waals surface area contributed by atoms with Crippen molar-refractivity contribution in [3.63, 3.8) is 0 Å². The summed E-state index contributed by atoms with van der Waals surface area (Å²) in [6.45, 7) is 2.74. The molecule has 0 amide bonds. The van der Waals surface area contributed by atoms with Crippen molar-refractivity contribution in [2.45, 2.75) is 19.6 Å². The minimum Gasteiger partial charge on any atom is -0.507 e. The smallest absolute Gasteiger partial charge is 0.133 e. The number of furan rings is 1. The standard InChI is InChI=1S/C14H17NO3/c1-10-4-2-5-11(14(10)17)8-15-9-12(16)13-6-3-7-18-13/h2-7,12,15-17H,8-9H2,1H3. The van der Waals surface area contributed by atoms with Gasteiger partial charge < -0.3 is 19.9 Å². The molecular weight excluding hydrogens is 230 g/mol. The van der Waals surface area contributed by atoms with E-state index in [0.717, 1.165) is 11.1 Å². The summed E-state index contributed by atoms with van der Waals surface area (Å²) in [7, 11) is 0. The molecule has 4 heteroatoms. The summed E-state index contributed by atoms with van der Waals surface area (Å²) in [5.41, 5.74) is 1.67. The Hall–Kier alpha value is -1.78. The molecule has 0 saturated heterocycles. The van der Waals surface area contributed by atoms with Crippen LogP contribution in [0.25, 0.3) is 0 Å². The number of aryl methyl sites for hydroxylation is 1. The Bertz CT molecular complexity index is 494. The second-order valence-electron chi connectivity index (χ2n) is 4.24. The van der Waals surface area contributed by atoms with Crippen LogP contribution in [0.1, 0.15) is 23.0 Å². The number of nitrogens with one attached hydrogen (secondary N) is 1. The molecule has 2 rings (SSSR count). The van der Waals surface area contributed by atoms with Crippen molar-refractivity contribution in [1.82, 2.24) is 5.32 Å². The van der Waals surface area contributed by atoms with Gasteiger partial charge in [0, 0.05) is 18.7 Å². The zero-order valence-corrected chi connectivity index (χ0v) is 10.3. The van der Waals surface area contributed by atoms with Crippen LogP contribution in [0, 0.1) is 6.92 Å². The van der Waals surface area contributed by atoms with Crippen molar-refractivity contribution in [1.29, 1.82) is 0 Å². The maximum Gasteiger partial charge on any atom is 0.133 e. The molecule has 0 aliphatic heterocycles. The first-order chi connectivity index (χ1) is 8.68. The van der Waals surface area contributed by atoms with Gasteiger partial charge in [0.25, 0.3) is 0 Å². The number of aliphatic hydroxyl groups excluding tert-OH is 1. The van der Waals surface area contributed by atoms with Crippen molar-refractivity contribution >= 4 is 0 Å². The van der Waals surface area contributed by atoms with Crippen LogP contribution in [0.15, 0.2) is 41.0 Å². The Morgan fingerprint density at radius 1 is 1.28 bits per heavy atom. The van der Waals surface area contributed by atoms with Crippen molar-refractivity contribution in [2.75, 3.05) is 6.54 Å². The number of phenolic OH excluding ortho intramolecular Hbond substituents is 1. The fourth-order valence-corrected chi connectivity index (χ4v) is 1.79. The third-order valence-electron chi connectivity index (χ3n) is 2.85. The topological polar surface area (TPSA) is 65.6 Å². The summed E-state index contributed by atoms with van der Waals surface area (Å²) in [5, 5.41) is 22.7. The van der Waals surface area contributed by atoms with Crippen LogP contribution in [0.5, 0.6) is 5.75 Å². The van der Waals surface area contributed by atoms with Gasteiger partial charge in [0.2, 0.25) is 0 Å². The predicted molar refractivity (Wildman–Crippen MR) is 68.2 cm³/mol. The van der Waals surface area contributed by atoms with Crippen LogP contribution in [0.3, 0.4) is 0 Å². The van der Waals surface area contributed by atoms with Gasteiger partial charge in [-0.1, -0.05) is 18.2 Å². The molecule has 1 aromatic heterocycles. The molecule has 0 fully saturated rings. The molecule has 96 valence electrons. The molecule has 0 bridgehead atoms. The molecule has 0 aliphatic carbocycles. The molecule has 0 radical (unpaired) electrons. The zero-order chi connectivity index (χ0) is 13.0. The van der Waals surface area contributed by atoms with Crippen LogP contribution in [0.2, 0.25) is 0 Å². The highest BCUT2D eigenvalue weighted by Gasteiger charge is 2.10. The van der Waals surface area contributed by atoms with Gasteiger partial charge in [-0.15, -0.1) is 0 Å². The molecule has 3 N–H and O–H groups in total. The molecule has 2 aromatic rings. The number of hydrogen-bond acceptors (Lipinski definition) is 4. The normalized spacial score (nSPS) is 12.6. The molecule has 0 aliphatic rings.